The predicted octanol–water partition coefficient (Wildman–Crippen LogP) is 3.92. The van der Waals surface area contributed by atoms with Crippen molar-refractivity contribution in [1.29, 1.82) is 0 Å². The number of nitrogens with zero attached hydrogens (tertiary/aromatic N) is 6. The number of aryl methyl sites for hydroxylation is 1. The molecule has 1 aliphatic heterocycles. The summed E-state index contributed by atoms with van der Waals surface area (Å²) in [5, 5.41) is 19.9. The van der Waals surface area contributed by atoms with Crippen molar-refractivity contribution >= 4 is 17.9 Å². The third-order valence-corrected chi connectivity index (χ3v) is 7.06. The van der Waals surface area contributed by atoms with Crippen LogP contribution in [0.5, 0.6) is 11.5 Å². The molecule has 9 nitrogen and oxygen atoms in total. The molecular formula is C24H31N7O2S. The third kappa shape index (κ3) is 5.02. The fourth-order valence-corrected chi connectivity index (χ4v) is 4.61. The van der Waals surface area contributed by atoms with E-state index in [0.717, 1.165) is 30.3 Å². The van der Waals surface area contributed by atoms with Gasteiger partial charge >= 0.3 is 0 Å². The molecule has 3 atom stereocenters. The van der Waals surface area contributed by atoms with E-state index in [2.05, 4.69) is 62.8 Å². The Morgan fingerprint density at radius 2 is 1.97 bits per heavy atom. The van der Waals surface area contributed by atoms with Gasteiger partial charge in [0.25, 0.3) is 0 Å². The monoisotopic (exact) mass is 481 g/mol. The maximum absolute atomic E-state index is 10.8. The van der Waals surface area contributed by atoms with Gasteiger partial charge in [-0.25, -0.2) is 9.97 Å². The smallest absolute Gasteiger partial charge is 0.239 e. The molecule has 0 spiro atoms. The molecule has 3 aromatic rings. The minimum atomic E-state index is 0.0217. The van der Waals surface area contributed by atoms with Gasteiger partial charge in [0.05, 0.1) is 13.0 Å². The first-order chi connectivity index (χ1) is 16.4. The zero-order valence-corrected chi connectivity index (χ0v) is 21.0. The van der Waals surface area contributed by atoms with Crippen molar-refractivity contribution in [2.24, 2.45) is 0 Å². The van der Waals surface area contributed by atoms with Gasteiger partial charge < -0.3 is 14.7 Å². The predicted molar refractivity (Wildman–Crippen MR) is 135 cm³/mol. The average molecular weight is 482 g/mol. The molecule has 4 rings (SSSR count). The van der Waals surface area contributed by atoms with Gasteiger partial charge in [-0.3, -0.25) is 9.29 Å². The summed E-state index contributed by atoms with van der Waals surface area (Å²) in [6.07, 6.45) is 7.95. The molecule has 2 N–H and O–H groups in total. The first kappa shape index (κ1) is 24.0. The Labute approximate surface area is 204 Å². The molecule has 3 heterocycles. The second-order valence-corrected chi connectivity index (χ2v) is 9.82. The number of aromatic hydroxyl groups is 1. The van der Waals surface area contributed by atoms with Crippen LogP contribution < -0.4 is 9.46 Å². The molecule has 0 fully saturated rings. The van der Waals surface area contributed by atoms with Crippen LogP contribution in [-0.4, -0.2) is 67.2 Å². The van der Waals surface area contributed by atoms with E-state index in [1.54, 1.807) is 19.2 Å². The minimum absolute atomic E-state index is 0.0217. The van der Waals surface area contributed by atoms with Gasteiger partial charge in [0.1, 0.15) is 28.8 Å². The first-order valence-electron chi connectivity index (χ1n) is 11.3. The van der Waals surface area contributed by atoms with Crippen LogP contribution in [0.15, 0.2) is 42.7 Å². The zero-order valence-electron chi connectivity index (χ0n) is 20.1. The minimum Gasteiger partial charge on any atom is -0.506 e. The Balaban J connectivity index is 1.66. The van der Waals surface area contributed by atoms with Gasteiger partial charge in [-0.2, -0.15) is 0 Å². The number of anilines is 1. The second kappa shape index (κ2) is 10.4. The highest BCUT2D eigenvalue weighted by molar-refractivity contribution is 8.01. The molecule has 10 heteroatoms. The number of rotatable bonds is 8. The summed E-state index contributed by atoms with van der Waals surface area (Å²) in [7, 11) is 3.66. The fraction of sp³-hybridized carbons (Fsp3) is 0.417. The fourth-order valence-electron chi connectivity index (χ4n) is 3.86. The number of benzene rings is 1. The van der Waals surface area contributed by atoms with Crippen molar-refractivity contribution in [2.45, 2.75) is 37.9 Å². The summed E-state index contributed by atoms with van der Waals surface area (Å²) in [6.45, 7) is 7.89. The normalized spacial score (nSPS) is 18.0. The van der Waals surface area contributed by atoms with Crippen molar-refractivity contribution in [2.75, 3.05) is 32.0 Å². The molecule has 34 heavy (non-hydrogen) atoms. The highest BCUT2D eigenvalue weighted by atomic mass is 32.2. The zero-order chi connectivity index (χ0) is 24.2. The quantitative estimate of drug-likeness (QED) is 0.366. The second-order valence-electron chi connectivity index (χ2n) is 8.63. The summed E-state index contributed by atoms with van der Waals surface area (Å²) in [5.74, 6) is 2.82. The summed E-state index contributed by atoms with van der Waals surface area (Å²) in [6, 6.07) is 5.21. The van der Waals surface area contributed by atoms with Gasteiger partial charge in [0.15, 0.2) is 0 Å². The number of methoxy groups -OCH3 is 1. The van der Waals surface area contributed by atoms with Crippen molar-refractivity contribution in [1.82, 2.24) is 29.6 Å². The number of likely N-dealkylation sites (N-methyl/N-ethyl adjacent to an activating group) is 1. The molecule has 2 aromatic heterocycles. The van der Waals surface area contributed by atoms with E-state index in [1.165, 1.54) is 11.9 Å². The van der Waals surface area contributed by atoms with Crippen LogP contribution in [0.4, 0.5) is 5.95 Å². The summed E-state index contributed by atoms with van der Waals surface area (Å²) in [4.78, 5) is 11.2. The number of para-hydroxylation sites is 1. The van der Waals surface area contributed by atoms with Crippen LogP contribution in [0.2, 0.25) is 0 Å². The number of phenolic OH excluding ortho intramolecular Hbond substituents is 1. The largest absolute Gasteiger partial charge is 0.506 e. The Kier molecular flexibility index (Phi) is 7.38. The highest BCUT2D eigenvalue weighted by Crippen LogP contribution is 2.38. The van der Waals surface area contributed by atoms with Crippen LogP contribution in [-0.2, 0) is 0 Å². The van der Waals surface area contributed by atoms with Crippen molar-refractivity contribution in [3.05, 3.63) is 60.0 Å². The molecule has 0 amide bonds. The van der Waals surface area contributed by atoms with Crippen LogP contribution >= 0.6 is 11.9 Å². The molecule has 1 aliphatic rings. The maximum atomic E-state index is 10.8. The van der Waals surface area contributed by atoms with Gasteiger partial charge in [0, 0.05) is 36.7 Å². The van der Waals surface area contributed by atoms with Crippen LogP contribution in [0.3, 0.4) is 0 Å². The maximum Gasteiger partial charge on any atom is 0.239 e. The molecule has 0 bridgehead atoms. The number of hydrogen-bond donors (Lipinski definition) is 2. The Bertz CT molecular complexity index is 1150. The molecule has 1 aromatic carbocycles. The Hall–Kier alpha value is -3.11. The summed E-state index contributed by atoms with van der Waals surface area (Å²) < 4.78 is 10.8. The van der Waals surface area contributed by atoms with Crippen LogP contribution in [0.1, 0.15) is 42.9 Å². The van der Waals surface area contributed by atoms with E-state index in [4.69, 9.17) is 4.74 Å². The van der Waals surface area contributed by atoms with Crippen LogP contribution in [0.25, 0.3) is 5.69 Å². The Morgan fingerprint density at radius 3 is 2.68 bits per heavy atom. The molecular weight excluding hydrogens is 450 g/mol. The van der Waals surface area contributed by atoms with E-state index in [1.807, 2.05) is 30.0 Å². The first-order valence-corrected chi connectivity index (χ1v) is 12.1. The third-order valence-electron chi connectivity index (χ3n) is 5.98. The van der Waals surface area contributed by atoms with E-state index < -0.39 is 0 Å². The van der Waals surface area contributed by atoms with Gasteiger partial charge in [-0.1, -0.05) is 32.1 Å². The molecule has 3 unspecified atom stereocenters. The highest BCUT2D eigenvalue weighted by Gasteiger charge is 2.27. The van der Waals surface area contributed by atoms with Gasteiger partial charge in [-0.05, 0) is 43.6 Å². The lowest BCUT2D eigenvalue weighted by Gasteiger charge is -2.25. The molecule has 0 saturated heterocycles. The number of phenols is 1. The van der Waals surface area contributed by atoms with E-state index in [-0.39, 0.29) is 22.8 Å². The Morgan fingerprint density at radius 1 is 1.21 bits per heavy atom. The summed E-state index contributed by atoms with van der Waals surface area (Å²) in [5.41, 5.74) is 1.55. The average Bonchev–Trinajstić information content (AvgIpc) is 3.25. The van der Waals surface area contributed by atoms with E-state index >= 15 is 0 Å². The van der Waals surface area contributed by atoms with Gasteiger partial charge in [-0.15, -0.1) is 10.2 Å². The number of aromatic nitrogens is 5. The van der Waals surface area contributed by atoms with Gasteiger partial charge in [0.2, 0.25) is 5.95 Å². The lowest BCUT2D eigenvalue weighted by Crippen LogP contribution is -2.29. The lowest BCUT2D eigenvalue weighted by atomic mass is 10.0. The number of hydrogen-bond acceptors (Lipinski definition) is 9. The van der Waals surface area contributed by atoms with Crippen LogP contribution in [0, 0.1) is 6.92 Å². The van der Waals surface area contributed by atoms with E-state index in [9.17, 15) is 5.11 Å². The summed E-state index contributed by atoms with van der Waals surface area (Å²) >= 11 is 1.52. The van der Waals surface area contributed by atoms with Crippen molar-refractivity contribution in [3.8, 4) is 17.2 Å². The molecule has 0 radical (unpaired) electrons. The molecule has 180 valence electrons. The number of nitrogens with one attached hydrogen (secondary N) is 1. The van der Waals surface area contributed by atoms with Crippen molar-refractivity contribution in [3.63, 3.8) is 0 Å². The molecule has 0 saturated carbocycles. The van der Waals surface area contributed by atoms with Crippen molar-refractivity contribution < 1.29 is 9.84 Å². The topological polar surface area (TPSA) is 101 Å². The lowest BCUT2D eigenvalue weighted by molar-refractivity contribution is 0.339. The standard InChI is InChI=1S/C24H31N7O2S/c1-15-12-25-22(26-13-15)16(2)17(3)34-29-24-28-27-23(18-8-7-11-30(4)14-18)31(24)21-19(32)9-6-10-20(21)33-5/h6-10,12-13,16-18,32H,11,14H2,1-5H3,(H,28,29). The van der Waals surface area contributed by atoms with E-state index in [0.29, 0.717) is 17.4 Å². The number of ether oxygens (including phenoxy) is 1. The SMILES string of the molecule is COc1cccc(O)c1-n1c(NSC(C)C(C)c2ncc(C)cn2)nnc1C1C=CCN(C)C1. The molecule has 0 aliphatic carbocycles.